The number of aromatic nitrogens is 3. The molecule has 0 amide bonds. The van der Waals surface area contributed by atoms with Crippen molar-refractivity contribution in [2.45, 2.75) is 19.4 Å². The van der Waals surface area contributed by atoms with Crippen LogP contribution in [0.15, 0.2) is 9.59 Å². The van der Waals surface area contributed by atoms with Gasteiger partial charge in [-0.2, -0.15) is 0 Å². The third-order valence-electron chi connectivity index (χ3n) is 3.75. The first-order chi connectivity index (χ1) is 8.90. The molecule has 7 heteroatoms. The molecule has 2 unspecified atom stereocenters. The lowest BCUT2D eigenvalue weighted by Gasteiger charge is -2.35. The van der Waals surface area contributed by atoms with Gasteiger partial charge >= 0.3 is 5.69 Å². The quantitative estimate of drug-likeness (QED) is 0.762. The maximum Gasteiger partial charge on any atom is 0.346 e. The van der Waals surface area contributed by atoms with Crippen molar-refractivity contribution in [1.82, 2.24) is 19.2 Å². The molecular formula is C12H21N5O2. The number of hydrogen-bond acceptors (Lipinski definition) is 5. The highest BCUT2D eigenvalue weighted by Gasteiger charge is 2.25. The van der Waals surface area contributed by atoms with Crippen molar-refractivity contribution >= 4 is 5.82 Å². The Bertz CT molecular complexity index is 576. The topological polar surface area (TPSA) is 72.2 Å². The zero-order valence-electron chi connectivity index (χ0n) is 11.9. The summed E-state index contributed by atoms with van der Waals surface area (Å²) in [5.41, 5.74) is -0.777. The Morgan fingerprint density at radius 1 is 1.26 bits per heavy atom. The summed E-state index contributed by atoms with van der Waals surface area (Å²) in [4.78, 5) is 25.8. The van der Waals surface area contributed by atoms with Crippen molar-refractivity contribution in [3.05, 3.63) is 20.8 Å². The summed E-state index contributed by atoms with van der Waals surface area (Å²) in [6.45, 7) is 4.14. The average Bonchev–Trinajstić information content (AvgIpc) is 2.36. The number of anilines is 1. The van der Waals surface area contributed by atoms with Gasteiger partial charge in [-0.15, -0.1) is 5.10 Å². The number of piperidine rings is 1. The zero-order chi connectivity index (χ0) is 14.2. The Balaban J connectivity index is 2.25. The molecule has 106 valence electrons. The molecule has 7 nitrogen and oxygen atoms in total. The first kappa shape index (κ1) is 13.8. The molecule has 1 aromatic heterocycles. The number of aryl methyl sites for hydroxylation is 1. The second kappa shape index (κ2) is 5.16. The number of nitrogens with zero attached hydrogens (tertiary/aromatic N) is 4. The largest absolute Gasteiger partial charge is 0.361 e. The van der Waals surface area contributed by atoms with Crippen molar-refractivity contribution in [2.75, 3.05) is 25.5 Å². The Labute approximate surface area is 111 Å². The van der Waals surface area contributed by atoms with E-state index in [4.69, 9.17) is 0 Å². The lowest BCUT2D eigenvalue weighted by Crippen LogP contribution is -2.46. The van der Waals surface area contributed by atoms with E-state index < -0.39 is 5.69 Å². The van der Waals surface area contributed by atoms with E-state index in [1.54, 1.807) is 7.05 Å². The Morgan fingerprint density at radius 3 is 2.58 bits per heavy atom. The monoisotopic (exact) mass is 267 g/mol. The van der Waals surface area contributed by atoms with Gasteiger partial charge in [0, 0.05) is 26.7 Å². The van der Waals surface area contributed by atoms with Gasteiger partial charge in [-0.3, -0.25) is 9.36 Å². The van der Waals surface area contributed by atoms with Gasteiger partial charge in [-0.1, -0.05) is 6.92 Å². The van der Waals surface area contributed by atoms with E-state index in [0.717, 1.165) is 24.1 Å². The highest BCUT2D eigenvalue weighted by molar-refractivity contribution is 5.31. The highest BCUT2D eigenvalue weighted by Crippen LogP contribution is 2.17. The summed E-state index contributed by atoms with van der Waals surface area (Å²) in [6.07, 6.45) is 0.964. The fourth-order valence-corrected chi connectivity index (χ4v) is 2.53. The molecule has 0 aromatic carbocycles. The standard InChI is InChI=1S/C12H21N5O2/c1-8-7-15(2)6-5-9(8)13-10-11(18)16(3)12(19)17(4)14-10/h8-9H,5-7H2,1-4H3,(H,13,14). The van der Waals surface area contributed by atoms with E-state index in [1.165, 1.54) is 11.7 Å². The minimum atomic E-state index is -0.410. The van der Waals surface area contributed by atoms with E-state index in [1.807, 2.05) is 0 Å². The molecule has 1 aliphatic rings. The molecule has 0 radical (unpaired) electrons. The van der Waals surface area contributed by atoms with Crippen LogP contribution in [0.25, 0.3) is 0 Å². The molecule has 1 fully saturated rings. The summed E-state index contributed by atoms with van der Waals surface area (Å²) in [5.74, 6) is 0.688. The van der Waals surface area contributed by atoms with Crippen LogP contribution in [0.4, 0.5) is 5.82 Å². The lowest BCUT2D eigenvalue weighted by atomic mass is 9.94. The van der Waals surface area contributed by atoms with Gasteiger partial charge in [-0.25, -0.2) is 9.48 Å². The summed E-state index contributed by atoms with van der Waals surface area (Å²) in [6, 6.07) is 0.217. The number of nitrogens with one attached hydrogen (secondary N) is 1. The zero-order valence-corrected chi connectivity index (χ0v) is 11.9. The van der Waals surface area contributed by atoms with Crippen LogP contribution in [-0.2, 0) is 14.1 Å². The summed E-state index contributed by atoms with van der Waals surface area (Å²) >= 11 is 0. The van der Waals surface area contributed by atoms with Crippen LogP contribution in [-0.4, -0.2) is 45.4 Å². The van der Waals surface area contributed by atoms with Gasteiger partial charge in [0.05, 0.1) is 0 Å². The van der Waals surface area contributed by atoms with Crippen LogP contribution < -0.4 is 16.6 Å². The van der Waals surface area contributed by atoms with Crippen molar-refractivity contribution in [1.29, 1.82) is 0 Å². The predicted octanol–water partition coefficient (Wildman–Crippen LogP) is -0.769. The van der Waals surface area contributed by atoms with Gasteiger partial charge in [0.2, 0.25) is 5.82 Å². The molecule has 0 bridgehead atoms. The average molecular weight is 267 g/mol. The molecule has 2 rings (SSSR count). The van der Waals surface area contributed by atoms with Crippen LogP contribution in [0.2, 0.25) is 0 Å². The first-order valence-electron chi connectivity index (χ1n) is 6.49. The minimum absolute atomic E-state index is 0.217. The predicted molar refractivity (Wildman–Crippen MR) is 73.4 cm³/mol. The summed E-state index contributed by atoms with van der Waals surface area (Å²) < 4.78 is 2.26. The maximum absolute atomic E-state index is 12.0. The van der Waals surface area contributed by atoms with Crippen molar-refractivity contribution in [3.8, 4) is 0 Å². The van der Waals surface area contributed by atoms with E-state index in [2.05, 4.69) is 29.3 Å². The van der Waals surface area contributed by atoms with E-state index in [-0.39, 0.29) is 17.4 Å². The number of hydrogen-bond donors (Lipinski definition) is 1. The third-order valence-corrected chi connectivity index (χ3v) is 3.75. The highest BCUT2D eigenvalue weighted by atomic mass is 16.2. The Hall–Kier alpha value is -1.63. The second-order valence-corrected chi connectivity index (χ2v) is 5.40. The van der Waals surface area contributed by atoms with Crippen LogP contribution in [0.1, 0.15) is 13.3 Å². The molecule has 0 saturated carbocycles. The van der Waals surface area contributed by atoms with E-state index in [9.17, 15) is 9.59 Å². The number of rotatable bonds is 2. The van der Waals surface area contributed by atoms with Crippen LogP contribution in [0.3, 0.4) is 0 Å². The molecule has 0 aliphatic carbocycles. The van der Waals surface area contributed by atoms with Gasteiger partial charge in [0.25, 0.3) is 5.56 Å². The molecular weight excluding hydrogens is 246 g/mol. The molecule has 2 heterocycles. The molecule has 19 heavy (non-hydrogen) atoms. The smallest absolute Gasteiger partial charge is 0.346 e. The van der Waals surface area contributed by atoms with Gasteiger partial charge < -0.3 is 10.2 Å². The van der Waals surface area contributed by atoms with Crippen molar-refractivity contribution in [3.63, 3.8) is 0 Å². The van der Waals surface area contributed by atoms with Gasteiger partial charge in [0.15, 0.2) is 0 Å². The number of likely N-dealkylation sites (tertiary alicyclic amines) is 1. The van der Waals surface area contributed by atoms with Crippen LogP contribution in [0.5, 0.6) is 0 Å². The molecule has 1 saturated heterocycles. The van der Waals surface area contributed by atoms with Crippen LogP contribution >= 0.6 is 0 Å². The Kier molecular flexibility index (Phi) is 3.75. The van der Waals surface area contributed by atoms with Crippen molar-refractivity contribution < 1.29 is 0 Å². The maximum atomic E-state index is 12.0. The first-order valence-corrected chi connectivity index (χ1v) is 6.49. The second-order valence-electron chi connectivity index (χ2n) is 5.40. The molecule has 1 aromatic rings. The van der Waals surface area contributed by atoms with Crippen LogP contribution in [0, 0.1) is 5.92 Å². The molecule has 1 N–H and O–H groups in total. The molecule has 1 aliphatic heterocycles. The lowest BCUT2D eigenvalue weighted by molar-refractivity contribution is 0.205. The molecule has 0 spiro atoms. The SMILES string of the molecule is CC1CN(C)CCC1Nc1nn(C)c(=O)n(C)c1=O. The van der Waals surface area contributed by atoms with E-state index in [0.29, 0.717) is 5.92 Å². The molecule has 2 atom stereocenters. The minimum Gasteiger partial charge on any atom is -0.361 e. The van der Waals surface area contributed by atoms with Gasteiger partial charge in [0.1, 0.15) is 0 Å². The third kappa shape index (κ3) is 2.70. The fourth-order valence-electron chi connectivity index (χ4n) is 2.53. The van der Waals surface area contributed by atoms with Crippen molar-refractivity contribution in [2.24, 2.45) is 20.0 Å². The van der Waals surface area contributed by atoms with E-state index >= 15 is 0 Å². The summed E-state index contributed by atoms with van der Waals surface area (Å²) in [7, 11) is 5.11. The van der Waals surface area contributed by atoms with Gasteiger partial charge in [-0.05, 0) is 25.9 Å². The normalized spacial score (nSPS) is 24.4. The Morgan fingerprint density at radius 2 is 1.95 bits per heavy atom. The summed E-state index contributed by atoms with van der Waals surface area (Å²) in [5, 5.41) is 7.22. The fraction of sp³-hybridized carbons (Fsp3) is 0.750.